The second-order valence-electron chi connectivity index (χ2n) is 3.75. The van der Waals surface area contributed by atoms with Crippen molar-refractivity contribution >= 4 is 0 Å². The van der Waals surface area contributed by atoms with Crippen LogP contribution in [-0.2, 0) is 0 Å². The first-order valence-electron chi connectivity index (χ1n) is 5.39. The molecule has 0 aromatic heterocycles. The molecule has 0 saturated heterocycles. The van der Waals surface area contributed by atoms with Crippen LogP contribution in [0.1, 0.15) is 35.8 Å². The number of nitriles is 4. The molecule has 0 heterocycles. The van der Waals surface area contributed by atoms with Gasteiger partial charge in [-0.2, -0.15) is 21.0 Å². The zero-order valence-corrected chi connectivity index (χ0v) is 9.67. The van der Waals surface area contributed by atoms with Crippen LogP contribution in [0.2, 0.25) is 0 Å². The lowest BCUT2D eigenvalue weighted by Gasteiger charge is -2.08. The fraction of sp³-hybridized carbons (Fsp3) is 0.286. The van der Waals surface area contributed by atoms with Crippen LogP contribution in [0.25, 0.3) is 0 Å². The molecule has 2 atom stereocenters. The van der Waals surface area contributed by atoms with Gasteiger partial charge in [-0.15, -0.1) is 0 Å². The van der Waals surface area contributed by atoms with Crippen LogP contribution in [0.5, 0.6) is 0 Å². The summed E-state index contributed by atoms with van der Waals surface area (Å²) in [6.45, 7) is 0. The van der Waals surface area contributed by atoms with E-state index < -0.39 is 11.8 Å². The maximum Gasteiger partial charge on any atom is 0.0842 e. The van der Waals surface area contributed by atoms with Crippen LogP contribution in [0.15, 0.2) is 24.3 Å². The van der Waals surface area contributed by atoms with E-state index in [1.54, 1.807) is 24.3 Å². The molecule has 0 fully saturated rings. The molecule has 0 N–H and O–H groups in total. The predicted octanol–water partition coefficient (Wildman–Crippen LogP) is 2.73. The van der Waals surface area contributed by atoms with Gasteiger partial charge in [0.15, 0.2) is 0 Å². The van der Waals surface area contributed by atoms with Crippen molar-refractivity contribution in [1.29, 1.82) is 21.0 Å². The molecule has 0 aliphatic rings. The molecule has 0 bridgehead atoms. The minimum absolute atomic E-state index is 0.149. The number of nitrogens with zero attached hydrogens (tertiary/aromatic N) is 4. The molecule has 0 saturated carbocycles. The molecule has 4 heteroatoms. The summed E-state index contributed by atoms with van der Waals surface area (Å²) in [5.74, 6) is -0.888. The summed E-state index contributed by atoms with van der Waals surface area (Å²) >= 11 is 0. The summed E-state index contributed by atoms with van der Waals surface area (Å²) in [5, 5.41) is 35.0. The Bertz CT molecular complexity index is 507. The van der Waals surface area contributed by atoms with Gasteiger partial charge in [-0.25, -0.2) is 0 Å². The zero-order chi connectivity index (χ0) is 13.4. The summed E-state index contributed by atoms with van der Waals surface area (Å²) in [6.07, 6.45) is 0.297. The van der Waals surface area contributed by atoms with E-state index in [0.29, 0.717) is 0 Å². The Kier molecular flexibility index (Phi) is 4.93. The highest BCUT2D eigenvalue weighted by Gasteiger charge is 2.13. The van der Waals surface area contributed by atoms with Crippen molar-refractivity contribution in [3.63, 3.8) is 0 Å². The average molecular weight is 234 g/mol. The van der Waals surface area contributed by atoms with Crippen LogP contribution in [0.4, 0.5) is 0 Å². The van der Waals surface area contributed by atoms with Gasteiger partial charge >= 0.3 is 0 Å². The molecule has 1 aromatic carbocycles. The topological polar surface area (TPSA) is 95.2 Å². The standard InChI is InChI=1S/C14H10N4/c15-7-5-13(9-17)11-1-2-12(4-3-11)14(10-18)6-8-16/h1-4,13-14H,5-6H2. The minimum Gasteiger partial charge on any atom is -0.198 e. The minimum atomic E-state index is -0.444. The van der Waals surface area contributed by atoms with Gasteiger partial charge in [0.25, 0.3) is 0 Å². The maximum absolute atomic E-state index is 8.92. The van der Waals surface area contributed by atoms with Crippen molar-refractivity contribution in [1.82, 2.24) is 0 Å². The van der Waals surface area contributed by atoms with Gasteiger partial charge in [-0.05, 0) is 11.1 Å². The Morgan fingerprint density at radius 1 is 0.722 bits per heavy atom. The molecular formula is C14H10N4. The largest absolute Gasteiger partial charge is 0.198 e. The molecule has 86 valence electrons. The first kappa shape index (κ1) is 13.2. The Morgan fingerprint density at radius 3 is 1.28 bits per heavy atom. The van der Waals surface area contributed by atoms with E-state index in [9.17, 15) is 0 Å². The van der Waals surface area contributed by atoms with E-state index >= 15 is 0 Å². The summed E-state index contributed by atoms with van der Waals surface area (Å²) in [6, 6.07) is 15.0. The normalized spacial score (nSPS) is 12.2. The second-order valence-corrected chi connectivity index (χ2v) is 3.75. The van der Waals surface area contributed by atoms with Crippen molar-refractivity contribution in [2.45, 2.75) is 24.7 Å². The van der Waals surface area contributed by atoms with Crippen LogP contribution in [-0.4, -0.2) is 0 Å². The molecular weight excluding hydrogens is 224 g/mol. The Balaban J connectivity index is 2.94. The fourth-order valence-corrected chi connectivity index (χ4v) is 1.62. The van der Waals surface area contributed by atoms with E-state index in [-0.39, 0.29) is 12.8 Å². The highest BCUT2D eigenvalue weighted by atomic mass is 14.3. The monoisotopic (exact) mass is 234 g/mol. The molecule has 0 aliphatic carbocycles. The fourth-order valence-electron chi connectivity index (χ4n) is 1.62. The molecule has 1 rings (SSSR count). The summed E-state index contributed by atoms with van der Waals surface area (Å²) in [4.78, 5) is 0. The maximum atomic E-state index is 8.92. The second kappa shape index (κ2) is 6.70. The van der Waals surface area contributed by atoms with Gasteiger partial charge in [0, 0.05) is 0 Å². The molecule has 0 amide bonds. The highest BCUT2D eigenvalue weighted by molar-refractivity contribution is 5.33. The van der Waals surface area contributed by atoms with E-state index in [1.165, 1.54) is 0 Å². The van der Waals surface area contributed by atoms with Gasteiger partial charge in [0.1, 0.15) is 0 Å². The summed E-state index contributed by atoms with van der Waals surface area (Å²) < 4.78 is 0. The van der Waals surface area contributed by atoms with Crippen molar-refractivity contribution in [2.24, 2.45) is 0 Å². The lowest BCUT2D eigenvalue weighted by atomic mass is 9.92. The zero-order valence-electron chi connectivity index (χ0n) is 9.67. The number of rotatable bonds is 4. The first-order valence-corrected chi connectivity index (χ1v) is 5.39. The van der Waals surface area contributed by atoms with Crippen LogP contribution in [0, 0.1) is 45.3 Å². The molecule has 4 nitrogen and oxygen atoms in total. The quantitative estimate of drug-likeness (QED) is 0.800. The lowest BCUT2D eigenvalue weighted by molar-refractivity contribution is 0.866. The SMILES string of the molecule is N#CCC(C#N)c1ccc(C(C#N)CC#N)cc1. The van der Waals surface area contributed by atoms with Crippen molar-refractivity contribution in [2.75, 3.05) is 0 Å². The van der Waals surface area contributed by atoms with Crippen LogP contribution >= 0.6 is 0 Å². The highest BCUT2D eigenvalue weighted by Crippen LogP contribution is 2.23. The Labute approximate surface area is 106 Å². The van der Waals surface area contributed by atoms with Gasteiger partial charge < -0.3 is 0 Å². The number of hydrogen-bond donors (Lipinski definition) is 0. The summed E-state index contributed by atoms with van der Waals surface area (Å²) in [5.41, 5.74) is 1.52. The number of hydrogen-bond acceptors (Lipinski definition) is 4. The third-order valence-corrected chi connectivity index (χ3v) is 2.64. The van der Waals surface area contributed by atoms with E-state index in [1.807, 2.05) is 12.1 Å². The van der Waals surface area contributed by atoms with E-state index in [0.717, 1.165) is 11.1 Å². The van der Waals surface area contributed by atoms with Crippen molar-refractivity contribution in [3.05, 3.63) is 35.4 Å². The van der Waals surface area contributed by atoms with Crippen LogP contribution < -0.4 is 0 Å². The van der Waals surface area contributed by atoms with Gasteiger partial charge in [-0.1, -0.05) is 24.3 Å². The molecule has 2 unspecified atom stereocenters. The Morgan fingerprint density at radius 2 is 1.06 bits per heavy atom. The molecule has 0 aliphatic heterocycles. The van der Waals surface area contributed by atoms with Crippen molar-refractivity contribution in [3.8, 4) is 24.3 Å². The summed E-state index contributed by atoms with van der Waals surface area (Å²) in [7, 11) is 0. The van der Waals surface area contributed by atoms with Crippen LogP contribution in [0.3, 0.4) is 0 Å². The van der Waals surface area contributed by atoms with Gasteiger partial charge in [0.2, 0.25) is 0 Å². The number of benzene rings is 1. The molecule has 18 heavy (non-hydrogen) atoms. The third-order valence-electron chi connectivity index (χ3n) is 2.64. The smallest absolute Gasteiger partial charge is 0.0842 e. The lowest BCUT2D eigenvalue weighted by Crippen LogP contribution is -1.98. The third kappa shape index (κ3) is 3.08. The Hall–Kier alpha value is -2.82. The van der Waals surface area contributed by atoms with Gasteiger partial charge in [0.05, 0.1) is 49.0 Å². The van der Waals surface area contributed by atoms with Crippen molar-refractivity contribution < 1.29 is 0 Å². The van der Waals surface area contributed by atoms with E-state index in [2.05, 4.69) is 12.1 Å². The predicted molar refractivity (Wildman–Crippen MR) is 63.6 cm³/mol. The van der Waals surface area contributed by atoms with E-state index in [4.69, 9.17) is 21.0 Å². The average Bonchev–Trinajstić information content (AvgIpc) is 2.42. The molecule has 0 radical (unpaired) electrons. The molecule has 1 aromatic rings. The van der Waals surface area contributed by atoms with Gasteiger partial charge in [-0.3, -0.25) is 0 Å². The first-order chi connectivity index (χ1) is 8.76. The molecule has 0 spiro atoms.